The topological polar surface area (TPSA) is 96.0 Å². The third kappa shape index (κ3) is 8.90. The van der Waals surface area contributed by atoms with Crippen molar-refractivity contribution in [3.8, 4) is 5.75 Å². The molecule has 0 radical (unpaired) electrons. The first-order chi connectivity index (χ1) is 16.7. The molecule has 2 aromatic carbocycles. The van der Waals surface area contributed by atoms with Crippen molar-refractivity contribution >= 4 is 27.5 Å². The molecule has 192 valence electrons. The standard InChI is InChI=1S/C26H37N3O5S/c1-5-6-17-27-26(31)21(2)28(20-22-12-10-15-24(19-22)34-3)25(30)16-11-18-29(35(4,32)33)23-13-8-7-9-14-23/h7-10,12-15,19,21H,5-6,11,16-18,20H2,1-4H3,(H,27,31). The maximum Gasteiger partial charge on any atom is 0.242 e. The zero-order chi connectivity index (χ0) is 25.8. The van der Waals surface area contributed by atoms with Gasteiger partial charge in [0.15, 0.2) is 0 Å². The summed E-state index contributed by atoms with van der Waals surface area (Å²) in [4.78, 5) is 27.6. The Kier molecular flexibility index (Phi) is 11.0. The van der Waals surface area contributed by atoms with Crippen LogP contribution < -0.4 is 14.4 Å². The van der Waals surface area contributed by atoms with Crippen LogP contribution in [0.5, 0.6) is 5.75 Å². The minimum atomic E-state index is -3.50. The van der Waals surface area contributed by atoms with Crippen molar-refractivity contribution in [1.29, 1.82) is 0 Å². The highest BCUT2D eigenvalue weighted by Crippen LogP contribution is 2.20. The van der Waals surface area contributed by atoms with E-state index in [1.54, 1.807) is 43.2 Å². The number of nitrogens with zero attached hydrogens (tertiary/aromatic N) is 2. The van der Waals surface area contributed by atoms with Crippen molar-refractivity contribution < 1.29 is 22.7 Å². The second kappa shape index (κ2) is 13.7. The van der Waals surface area contributed by atoms with Gasteiger partial charge in [0.1, 0.15) is 11.8 Å². The van der Waals surface area contributed by atoms with Gasteiger partial charge in [0, 0.05) is 26.1 Å². The summed E-state index contributed by atoms with van der Waals surface area (Å²) in [5.41, 5.74) is 1.40. The summed E-state index contributed by atoms with van der Waals surface area (Å²) >= 11 is 0. The molecule has 0 aromatic heterocycles. The van der Waals surface area contributed by atoms with Gasteiger partial charge in [-0.2, -0.15) is 0 Å². The summed E-state index contributed by atoms with van der Waals surface area (Å²) in [6, 6.07) is 15.5. The van der Waals surface area contributed by atoms with E-state index in [0.29, 0.717) is 24.4 Å². The zero-order valence-corrected chi connectivity index (χ0v) is 21.9. The number of sulfonamides is 1. The Morgan fingerprint density at radius 1 is 1.06 bits per heavy atom. The fourth-order valence-corrected chi connectivity index (χ4v) is 4.65. The Hall–Kier alpha value is -3.07. The molecule has 0 aliphatic rings. The number of hydrogen-bond acceptors (Lipinski definition) is 5. The minimum absolute atomic E-state index is 0.107. The molecule has 1 N–H and O–H groups in total. The Bertz CT molecular complexity index is 1060. The number of ether oxygens (including phenoxy) is 1. The molecule has 0 saturated heterocycles. The highest BCUT2D eigenvalue weighted by molar-refractivity contribution is 7.92. The van der Waals surface area contributed by atoms with Gasteiger partial charge in [0.05, 0.1) is 19.1 Å². The molecule has 0 fully saturated rings. The number of carbonyl (C=O) groups is 2. The van der Waals surface area contributed by atoms with Crippen LogP contribution in [0, 0.1) is 0 Å². The maximum absolute atomic E-state index is 13.3. The highest BCUT2D eigenvalue weighted by atomic mass is 32.2. The summed E-state index contributed by atoms with van der Waals surface area (Å²) in [5.74, 6) is 0.242. The monoisotopic (exact) mass is 503 g/mol. The quantitative estimate of drug-likeness (QED) is 0.398. The van der Waals surface area contributed by atoms with Gasteiger partial charge in [-0.25, -0.2) is 8.42 Å². The van der Waals surface area contributed by atoms with Gasteiger partial charge in [-0.3, -0.25) is 13.9 Å². The second-order valence-electron chi connectivity index (χ2n) is 8.47. The van der Waals surface area contributed by atoms with E-state index < -0.39 is 16.1 Å². The predicted octanol–water partition coefficient (Wildman–Crippen LogP) is 3.58. The summed E-state index contributed by atoms with van der Waals surface area (Å²) in [5, 5.41) is 2.90. The molecule has 0 saturated carbocycles. The van der Waals surface area contributed by atoms with Gasteiger partial charge in [-0.15, -0.1) is 0 Å². The largest absolute Gasteiger partial charge is 0.497 e. The lowest BCUT2D eigenvalue weighted by atomic mass is 10.1. The van der Waals surface area contributed by atoms with Crippen molar-refractivity contribution in [2.75, 3.05) is 30.8 Å². The first-order valence-electron chi connectivity index (χ1n) is 11.9. The van der Waals surface area contributed by atoms with E-state index >= 15 is 0 Å². The summed E-state index contributed by atoms with van der Waals surface area (Å²) < 4.78 is 31.3. The molecule has 2 amide bonds. The fraction of sp³-hybridized carbons (Fsp3) is 0.462. The number of amides is 2. The van der Waals surface area contributed by atoms with Crippen LogP contribution in [0.2, 0.25) is 0 Å². The second-order valence-corrected chi connectivity index (χ2v) is 10.4. The molecule has 9 heteroatoms. The third-order valence-electron chi connectivity index (χ3n) is 5.68. The Morgan fingerprint density at radius 3 is 2.40 bits per heavy atom. The molecule has 0 aliphatic heterocycles. The van der Waals surface area contributed by atoms with Gasteiger partial charge >= 0.3 is 0 Å². The molecule has 0 heterocycles. The van der Waals surface area contributed by atoms with E-state index in [1.165, 1.54) is 4.31 Å². The van der Waals surface area contributed by atoms with Gasteiger partial charge in [0.2, 0.25) is 21.8 Å². The molecule has 8 nitrogen and oxygen atoms in total. The minimum Gasteiger partial charge on any atom is -0.497 e. The molecule has 1 unspecified atom stereocenters. The van der Waals surface area contributed by atoms with Crippen LogP contribution >= 0.6 is 0 Å². The lowest BCUT2D eigenvalue weighted by Crippen LogP contribution is -2.48. The van der Waals surface area contributed by atoms with E-state index in [4.69, 9.17) is 4.74 Å². The van der Waals surface area contributed by atoms with Crippen LogP contribution in [0.1, 0.15) is 45.1 Å². The number of benzene rings is 2. The Labute approximate surface area is 209 Å². The first kappa shape index (κ1) is 28.2. The Morgan fingerprint density at radius 2 is 1.77 bits per heavy atom. The van der Waals surface area contributed by atoms with Gasteiger partial charge in [-0.05, 0) is 49.6 Å². The number of rotatable bonds is 14. The van der Waals surface area contributed by atoms with Crippen molar-refractivity contribution in [3.63, 3.8) is 0 Å². The van der Waals surface area contributed by atoms with Crippen LogP contribution in [-0.2, 0) is 26.2 Å². The van der Waals surface area contributed by atoms with Crippen molar-refractivity contribution in [2.24, 2.45) is 0 Å². The molecular formula is C26H37N3O5S. The average Bonchev–Trinajstić information content (AvgIpc) is 2.84. The van der Waals surface area contributed by atoms with E-state index in [0.717, 1.165) is 24.7 Å². The van der Waals surface area contributed by atoms with Crippen LogP contribution in [-0.4, -0.2) is 57.6 Å². The van der Waals surface area contributed by atoms with Crippen molar-refractivity contribution in [1.82, 2.24) is 10.2 Å². The average molecular weight is 504 g/mol. The lowest BCUT2D eigenvalue weighted by molar-refractivity contribution is -0.140. The number of hydrogen-bond donors (Lipinski definition) is 1. The van der Waals surface area contributed by atoms with Crippen LogP contribution in [0.3, 0.4) is 0 Å². The summed E-state index contributed by atoms with van der Waals surface area (Å²) in [6.07, 6.45) is 3.40. The molecule has 2 aromatic rings. The van der Waals surface area contributed by atoms with E-state index in [1.807, 2.05) is 37.3 Å². The molecule has 0 aliphatic carbocycles. The SMILES string of the molecule is CCCCNC(=O)C(C)N(Cc1cccc(OC)c1)C(=O)CCCN(c1ccccc1)S(C)(=O)=O. The molecule has 0 spiro atoms. The maximum atomic E-state index is 13.3. The molecule has 1 atom stereocenters. The number of unbranched alkanes of at least 4 members (excludes halogenated alkanes) is 1. The van der Waals surface area contributed by atoms with Crippen molar-refractivity contribution in [2.45, 2.75) is 52.1 Å². The summed E-state index contributed by atoms with van der Waals surface area (Å²) in [6.45, 7) is 4.72. The number of methoxy groups -OCH3 is 1. The van der Waals surface area contributed by atoms with Crippen LogP contribution in [0.15, 0.2) is 54.6 Å². The van der Waals surface area contributed by atoms with Crippen LogP contribution in [0.4, 0.5) is 5.69 Å². The number of carbonyl (C=O) groups excluding carboxylic acids is 2. The van der Waals surface area contributed by atoms with E-state index in [2.05, 4.69) is 5.32 Å². The predicted molar refractivity (Wildman–Crippen MR) is 139 cm³/mol. The molecule has 35 heavy (non-hydrogen) atoms. The third-order valence-corrected chi connectivity index (χ3v) is 6.87. The van der Waals surface area contributed by atoms with Gasteiger partial charge in [-0.1, -0.05) is 43.7 Å². The molecule has 0 bridgehead atoms. The summed E-state index contributed by atoms with van der Waals surface area (Å²) in [7, 11) is -1.93. The zero-order valence-electron chi connectivity index (χ0n) is 21.1. The van der Waals surface area contributed by atoms with Crippen LogP contribution in [0.25, 0.3) is 0 Å². The number of nitrogens with one attached hydrogen (secondary N) is 1. The number of anilines is 1. The first-order valence-corrected chi connectivity index (χ1v) is 13.7. The normalized spacial score (nSPS) is 12.0. The van der Waals surface area contributed by atoms with E-state index in [-0.39, 0.29) is 31.3 Å². The van der Waals surface area contributed by atoms with E-state index in [9.17, 15) is 18.0 Å². The van der Waals surface area contributed by atoms with Gasteiger partial charge < -0.3 is 15.0 Å². The highest BCUT2D eigenvalue weighted by Gasteiger charge is 2.26. The van der Waals surface area contributed by atoms with Gasteiger partial charge in [0.25, 0.3) is 0 Å². The smallest absolute Gasteiger partial charge is 0.242 e. The Balaban J connectivity index is 2.14. The van der Waals surface area contributed by atoms with Crippen molar-refractivity contribution in [3.05, 3.63) is 60.2 Å². The lowest BCUT2D eigenvalue weighted by Gasteiger charge is -2.29. The molecule has 2 rings (SSSR count). The fourth-order valence-electron chi connectivity index (χ4n) is 3.68. The molecular weight excluding hydrogens is 466 g/mol. The number of para-hydroxylation sites is 1.